The van der Waals surface area contributed by atoms with Gasteiger partial charge in [0.1, 0.15) is 0 Å². The minimum atomic E-state index is 0.306. The predicted molar refractivity (Wildman–Crippen MR) is 80.4 cm³/mol. The van der Waals surface area contributed by atoms with Gasteiger partial charge in [-0.05, 0) is 48.6 Å². The maximum atomic E-state index is 3.73. The van der Waals surface area contributed by atoms with Crippen molar-refractivity contribution < 1.29 is 0 Å². The Balaban J connectivity index is 1.93. The molecule has 0 bridgehead atoms. The highest BCUT2D eigenvalue weighted by molar-refractivity contribution is 7.07. The van der Waals surface area contributed by atoms with Gasteiger partial charge in [0.05, 0.1) is 0 Å². The van der Waals surface area contributed by atoms with Gasteiger partial charge in [0.15, 0.2) is 0 Å². The van der Waals surface area contributed by atoms with Gasteiger partial charge in [-0.2, -0.15) is 11.3 Å². The summed E-state index contributed by atoms with van der Waals surface area (Å²) in [5.41, 5.74) is 1.80. The van der Waals surface area contributed by atoms with Crippen LogP contribution >= 0.6 is 11.3 Å². The van der Waals surface area contributed by atoms with Gasteiger partial charge in [-0.15, -0.1) is 0 Å². The molecule has 1 aromatic heterocycles. The van der Waals surface area contributed by atoms with Gasteiger partial charge in [0.25, 0.3) is 0 Å². The molecule has 0 saturated carbocycles. The zero-order chi connectivity index (χ0) is 13.0. The largest absolute Gasteiger partial charge is 0.309 e. The molecule has 1 aromatic rings. The number of piperazine rings is 1. The third kappa shape index (κ3) is 3.34. The number of nitrogens with one attached hydrogen (secondary N) is 1. The molecule has 2 heterocycles. The first kappa shape index (κ1) is 14.0. The van der Waals surface area contributed by atoms with Crippen molar-refractivity contribution >= 4 is 11.3 Å². The van der Waals surface area contributed by atoms with E-state index >= 15 is 0 Å². The summed E-state index contributed by atoms with van der Waals surface area (Å²) in [6, 6.07) is 2.97. The highest BCUT2D eigenvalue weighted by Crippen LogP contribution is 2.21. The number of rotatable bonds is 5. The SMILES string of the molecule is CCC1CNC(C)(CC)CN1CCc1ccsc1. The molecule has 3 heteroatoms. The molecule has 102 valence electrons. The minimum absolute atomic E-state index is 0.306. The fourth-order valence-electron chi connectivity index (χ4n) is 2.74. The smallest absolute Gasteiger partial charge is 0.0278 e. The van der Waals surface area contributed by atoms with Crippen LogP contribution in [0, 0.1) is 0 Å². The van der Waals surface area contributed by atoms with Crippen LogP contribution in [0.15, 0.2) is 16.8 Å². The Morgan fingerprint density at radius 1 is 1.50 bits per heavy atom. The molecule has 2 nitrogen and oxygen atoms in total. The first-order valence-electron chi connectivity index (χ1n) is 7.17. The van der Waals surface area contributed by atoms with Crippen LogP contribution in [0.5, 0.6) is 0 Å². The standard InChI is InChI=1S/C15H26N2S/c1-4-14-10-16-15(3,5-2)12-17(14)8-6-13-7-9-18-11-13/h7,9,11,14,16H,4-6,8,10,12H2,1-3H3. The molecule has 0 aliphatic carbocycles. The topological polar surface area (TPSA) is 15.3 Å². The van der Waals surface area contributed by atoms with Crippen molar-refractivity contribution in [1.29, 1.82) is 0 Å². The zero-order valence-corrected chi connectivity index (χ0v) is 12.7. The van der Waals surface area contributed by atoms with Gasteiger partial charge in [-0.25, -0.2) is 0 Å². The molecule has 1 fully saturated rings. The molecular formula is C15H26N2S. The molecule has 1 aliphatic rings. The van der Waals surface area contributed by atoms with E-state index in [1.54, 1.807) is 11.3 Å². The van der Waals surface area contributed by atoms with E-state index in [1.807, 2.05) is 0 Å². The summed E-state index contributed by atoms with van der Waals surface area (Å²) >= 11 is 1.81. The van der Waals surface area contributed by atoms with E-state index in [1.165, 1.54) is 37.9 Å². The maximum absolute atomic E-state index is 3.73. The van der Waals surface area contributed by atoms with Crippen LogP contribution in [0.3, 0.4) is 0 Å². The number of nitrogens with zero attached hydrogens (tertiary/aromatic N) is 1. The van der Waals surface area contributed by atoms with Crippen molar-refractivity contribution in [2.24, 2.45) is 0 Å². The second-order valence-electron chi connectivity index (χ2n) is 5.71. The summed E-state index contributed by atoms with van der Waals surface area (Å²) in [6.45, 7) is 10.5. The van der Waals surface area contributed by atoms with Crippen molar-refractivity contribution in [3.8, 4) is 0 Å². The second kappa shape index (κ2) is 6.18. The molecule has 0 spiro atoms. The third-order valence-electron chi connectivity index (χ3n) is 4.35. The normalized spacial score (nSPS) is 29.6. The molecule has 2 atom stereocenters. The summed E-state index contributed by atoms with van der Waals surface area (Å²) < 4.78 is 0. The van der Waals surface area contributed by atoms with E-state index in [0.717, 1.165) is 6.54 Å². The lowest BCUT2D eigenvalue weighted by Crippen LogP contribution is -2.62. The van der Waals surface area contributed by atoms with Crippen LogP contribution < -0.4 is 5.32 Å². The molecule has 0 amide bonds. The molecule has 2 rings (SSSR count). The van der Waals surface area contributed by atoms with Crippen molar-refractivity contribution in [2.45, 2.75) is 51.6 Å². The third-order valence-corrected chi connectivity index (χ3v) is 5.08. The predicted octanol–water partition coefficient (Wildman–Crippen LogP) is 3.14. The zero-order valence-electron chi connectivity index (χ0n) is 11.9. The van der Waals surface area contributed by atoms with Gasteiger partial charge in [-0.3, -0.25) is 4.90 Å². The van der Waals surface area contributed by atoms with Crippen LogP contribution in [-0.2, 0) is 6.42 Å². The summed E-state index contributed by atoms with van der Waals surface area (Å²) in [5, 5.41) is 8.19. The lowest BCUT2D eigenvalue weighted by atomic mass is 9.92. The van der Waals surface area contributed by atoms with E-state index in [-0.39, 0.29) is 0 Å². The Hall–Kier alpha value is -0.380. The Kier molecular flexibility index (Phi) is 4.82. The Labute approximate surface area is 115 Å². The fraction of sp³-hybridized carbons (Fsp3) is 0.733. The summed E-state index contributed by atoms with van der Waals surface area (Å²) in [5.74, 6) is 0. The van der Waals surface area contributed by atoms with Crippen molar-refractivity contribution in [3.05, 3.63) is 22.4 Å². The number of thiophene rings is 1. The molecule has 0 aromatic carbocycles. The van der Waals surface area contributed by atoms with Gasteiger partial charge in [0.2, 0.25) is 0 Å². The average Bonchev–Trinajstić information content (AvgIpc) is 2.90. The molecule has 1 aliphatic heterocycles. The molecule has 2 unspecified atom stereocenters. The quantitative estimate of drug-likeness (QED) is 0.881. The van der Waals surface area contributed by atoms with E-state index in [0.29, 0.717) is 11.6 Å². The molecule has 1 saturated heterocycles. The lowest BCUT2D eigenvalue weighted by Gasteiger charge is -2.46. The summed E-state index contributed by atoms with van der Waals surface area (Å²) in [6.07, 6.45) is 3.65. The fourth-order valence-corrected chi connectivity index (χ4v) is 3.44. The Morgan fingerprint density at radius 3 is 2.94 bits per heavy atom. The highest BCUT2D eigenvalue weighted by Gasteiger charge is 2.33. The van der Waals surface area contributed by atoms with Gasteiger partial charge >= 0.3 is 0 Å². The van der Waals surface area contributed by atoms with Crippen LogP contribution in [0.25, 0.3) is 0 Å². The maximum Gasteiger partial charge on any atom is 0.0278 e. The van der Waals surface area contributed by atoms with Gasteiger partial charge in [0, 0.05) is 31.2 Å². The Morgan fingerprint density at radius 2 is 2.33 bits per heavy atom. The first-order valence-corrected chi connectivity index (χ1v) is 8.11. The van der Waals surface area contributed by atoms with Crippen LogP contribution in [0.1, 0.15) is 39.2 Å². The van der Waals surface area contributed by atoms with E-state index in [4.69, 9.17) is 0 Å². The minimum Gasteiger partial charge on any atom is -0.309 e. The molecule has 18 heavy (non-hydrogen) atoms. The molecule has 0 radical (unpaired) electrons. The van der Waals surface area contributed by atoms with E-state index in [2.05, 4.69) is 47.8 Å². The van der Waals surface area contributed by atoms with Crippen molar-refractivity contribution in [3.63, 3.8) is 0 Å². The number of hydrogen-bond donors (Lipinski definition) is 1. The highest BCUT2D eigenvalue weighted by atomic mass is 32.1. The second-order valence-corrected chi connectivity index (χ2v) is 6.49. The van der Waals surface area contributed by atoms with Gasteiger partial charge < -0.3 is 5.32 Å². The number of hydrogen-bond acceptors (Lipinski definition) is 3. The summed E-state index contributed by atoms with van der Waals surface area (Å²) in [7, 11) is 0. The van der Waals surface area contributed by atoms with Crippen molar-refractivity contribution in [1.82, 2.24) is 10.2 Å². The molecule has 1 N–H and O–H groups in total. The van der Waals surface area contributed by atoms with Crippen LogP contribution in [0.2, 0.25) is 0 Å². The molecular weight excluding hydrogens is 240 g/mol. The van der Waals surface area contributed by atoms with Crippen LogP contribution in [-0.4, -0.2) is 36.1 Å². The van der Waals surface area contributed by atoms with E-state index in [9.17, 15) is 0 Å². The van der Waals surface area contributed by atoms with Crippen molar-refractivity contribution in [2.75, 3.05) is 19.6 Å². The average molecular weight is 266 g/mol. The van der Waals surface area contributed by atoms with Crippen LogP contribution in [0.4, 0.5) is 0 Å². The van der Waals surface area contributed by atoms with Gasteiger partial charge in [-0.1, -0.05) is 13.8 Å². The summed E-state index contributed by atoms with van der Waals surface area (Å²) in [4.78, 5) is 2.69. The lowest BCUT2D eigenvalue weighted by molar-refractivity contribution is 0.0832. The Bertz CT molecular complexity index is 349. The monoisotopic (exact) mass is 266 g/mol. The van der Waals surface area contributed by atoms with E-state index < -0.39 is 0 Å². The first-order chi connectivity index (χ1) is 8.67.